The number of benzene rings is 1. The largest absolute Gasteiger partial charge is 0.486 e. The van der Waals surface area contributed by atoms with Crippen molar-refractivity contribution in [2.45, 2.75) is 13.3 Å². The maximum absolute atomic E-state index is 11.9. The highest BCUT2D eigenvalue weighted by Gasteiger charge is 2.23. The minimum absolute atomic E-state index is 0.00238. The first kappa shape index (κ1) is 14.2. The molecular formula is C16H17NO3S. The van der Waals surface area contributed by atoms with Crippen molar-refractivity contribution in [3.05, 3.63) is 35.3 Å². The summed E-state index contributed by atoms with van der Waals surface area (Å²) >= 11 is 1.62. The topological polar surface area (TPSA) is 48.4 Å². The van der Waals surface area contributed by atoms with E-state index in [9.17, 15) is 4.79 Å². The van der Waals surface area contributed by atoms with E-state index in [1.54, 1.807) is 11.3 Å². The molecule has 1 aliphatic rings. The number of carbonyl (C=O) groups is 1. The molecule has 0 spiro atoms. The van der Waals surface area contributed by atoms with Crippen LogP contribution < -0.4 is 4.74 Å². The normalized spacial score (nSPS) is 17.9. The number of thiazole rings is 1. The average molecular weight is 303 g/mol. The molecule has 1 unspecified atom stereocenters. The van der Waals surface area contributed by atoms with Crippen LogP contribution in [0.3, 0.4) is 0 Å². The Bertz CT molecular complexity index is 615. The summed E-state index contributed by atoms with van der Waals surface area (Å²) in [5.74, 6) is 0.828. The van der Waals surface area contributed by atoms with Gasteiger partial charge in [0, 0.05) is 29.2 Å². The minimum atomic E-state index is 0.00238. The van der Waals surface area contributed by atoms with Crippen LogP contribution in [0.25, 0.3) is 10.6 Å². The van der Waals surface area contributed by atoms with Crippen LogP contribution >= 0.6 is 11.3 Å². The van der Waals surface area contributed by atoms with Gasteiger partial charge in [-0.1, -0.05) is 0 Å². The summed E-state index contributed by atoms with van der Waals surface area (Å²) in [6, 6.07) is 7.70. The summed E-state index contributed by atoms with van der Waals surface area (Å²) in [5, 5.41) is 3.03. The Morgan fingerprint density at radius 3 is 2.86 bits per heavy atom. The highest BCUT2D eigenvalue weighted by Crippen LogP contribution is 2.25. The highest BCUT2D eigenvalue weighted by molar-refractivity contribution is 7.13. The molecule has 0 N–H and O–H groups in total. The molecule has 1 atom stereocenters. The third kappa shape index (κ3) is 3.49. The summed E-state index contributed by atoms with van der Waals surface area (Å²) in [7, 11) is 0. The fourth-order valence-electron chi connectivity index (χ4n) is 2.24. The second kappa shape index (κ2) is 6.37. The molecule has 5 heteroatoms. The Labute approximate surface area is 127 Å². The van der Waals surface area contributed by atoms with E-state index in [-0.39, 0.29) is 18.3 Å². The van der Waals surface area contributed by atoms with E-state index in [1.165, 1.54) is 0 Å². The lowest BCUT2D eigenvalue weighted by Crippen LogP contribution is -2.21. The number of ether oxygens (including phenoxy) is 2. The summed E-state index contributed by atoms with van der Waals surface area (Å²) in [6.45, 7) is 3.31. The van der Waals surface area contributed by atoms with Crippen molar-refractivity contribution < 1.29 is 14.3 Å². The quantitative estimate of drug-likeness (QED) is 0.851. The van der Waals surface area contributed by atoms with E-state index in [1.807, 2.05) is 36.6 Å². The van der Waals surface area contributed by atoms with Gasteiger partial charge in [0.05, 0.1) is 6.61 Å². The number of rotatable bonds is 5. The van der Waals surface area contributed by atoms with Crippen molar-refractivity contribution in [2.24, 2.45) is 5.92 Å². The first-order valence-electron chi connectivity index (χ1n) is 6.98. The molecule has 0 radical (unpaired) electrons. The molecule has 1 saturated heterocycles. The van der Waals surface area contributed by atoms with Gasteiger partial charge < -0.3 is 9.47 Å². The van der Waals surface area contributed by atoms with Crippen LogP contribution in [0.5, 0.6) is 5.75 Å². The molecule has 2 aromatic rings. The zero-order valence-electron chi connectivity index (χ0n) is 11.9. The van der Waals surface area contributed by atoms with Crippen LogP contribution in [0, 0.1) is 12.8 Å². The van der Waals surface area contributed by atoms with Crippen LogP contribution in [-0.2, 0) is 9.53 Å². The van der Waals surface area contributed by atoms with Gasteiger partial charge in [-0.2, -0.15) is 0 Å². The predicted octanol–water partition coefficient (Wildman–Crippen LogP) is 3.10. The number of hydrogen-bond acceptors (Lipinski definition) is 5. The van der Waals surface area contributed by atoms with Crippen molar-refractivity contribution in [2.75, 3.05) is 19.8 Å². The van der Waals surface area contributed by atoms with E-state index in [0.717, 1.165) is 22.7 Å². The fourth-order valence-corrected chi connectivity index (χ4v) is 3.04. The molecular weight excluding hydrogens is 286 g/mol. The monoisotopic (exact) mass is 303 g/mol. The zero-order chi connectivity index (χ0) is 14.7. The Balaban J connectivity index is 1.58. The van der Waals surface area contributed by atoms with Crippen LogP contribution in [0.2, 0.25) is 0 Å². The third-order valence-corrected chi connectivity index (χ3v) is 4.50. The molecule has 1 aromatic heterocycles. The molecule has 2 heterocycles. The maximum atomic E-state index is 11.9. The second-order valence-corrected chi connectivity index (χ2v) is 5.99. The molecule has 0 bridgehead atoms. The Morgan fingerprint density at radius 1 is 1.43 bits per heavy atom. The Morgan fingerprint density at radius 2 is 2.24 bits per heavy atom. The molecule has 0 amide bonds. The van der Waals surface area contributed by atoms with Gasteiger partial charge in [0.25, 0.3) is 0 Å². The lowest BCUT2D eigenvalue weighted by Gasteiger charge is -2.09. The first-order valence-corrected chi connectivity index (χ1v) is 7.86. The van der Waals surface area contributed by atoms with Gasteiger partial charge in [-0.05, 0) is 37.6 Å². The average Bonchev–Trinajstić information content (AvgIpc) is 3.17. The SMILES string of the molecule is Cc1csc(-c2ccc(OCC(=O)C3CCOC3)cc2)n1. The number of nitrogens with zero attached hydrogens (tertiary/aromatic N) is 1. The van der Waals surface area contributed by atoms with Crippen molar-refractivity contribution in [1.82, 2.24) is 4.98 Å². The predicted molar refractivity (Wildman–Crippen MR) is 81.7 cm³/mol. The molecule has 0 aliphatic carbocycles. The van der Waals surface area contributed by atoms with Crippen LogP contribution in [0.1, 0.15) is 12.1 Å². The summed E-state index contributed by atoms with van der Waals surface area (Å²) in [5.41, 5.74) is 2.09. The molecule has 4 nitrogen and oxygen atoms in total. The number of carbonyl (C=O) groups excluding carboxylic acids is 1. The van der Waals surface area contributed by atoms with Crippen molar-refractivity contribution >= 4 is 17.1 Å². The minimum Gasteiger partial charge on any atom is -0.486 e. The molecule has 1 aromatic carbocycles. The molecule has 1 aliphatic heterocycles. The Kier molecular flexibility index (Phi) is 4.31. The van der Waals surface area contributed by atoms with E-state index in [2.05, 4.69) is 4.98 Å². The first-order chi connectivity index (χ1) is 10.2. The fraction of sp³-hybridized carbons (Fsp3) is 0.375. The van der Waals surface area contributed by atoms with Crippen LogP contribution in [0.4, 0.5) is 0 Å². The molecule has 0 saturated carbocycles. The smallest absolute Gasteiger partial charge is 0.175 e. The standard InChI is InChI=1S/C16H17NO3S/c1-11-10-21-16(17-11)12-2-4-14(5-3-12)20-9-15(18)13-6-7-19-8-13/h2-5,10,13H,6-9H2,1H3. The number of Topliss-reactive ketones (excluding diaryl/α,β-unsaturated/α-hetero) is 1. The Hall–Kier alpha value is -1.72. The van der Waals surface area contributed by atoms with E-state index < -0.39 is 0 Å². The zero-order valence-corrected chi connectivity index (χ0v) is 12.7. The van der Waals surface area contributed by atoms with Gasteiger partial charge >= 0.3 is 0 Å². The van der Waals surface area contributed by atoms with Crippen molar-refractivity contribution in [3.8, 4) is 16.3 Å². The van der Waals surface area contributed by atoms with Crippen molar-refractivity contribution in [3.63, 3.8) is 0 Å². The van der Waals surface area contributed by atoms with Gasteiger partial charge in [-0.25, -0.2) is 4.98 Å². The van der Waals surface area contributed by atoms with E-state index in [0.29, 0.717) is 19.0 Å². The summed E-state index contributed by atoms with van der Waals surface area (Å²) < 4.78 is 10.8. The highest BCUT2D eigenvalue weighted by atomic mass is 32.1. The van der Waals surface area contributed by atoms with E-state index in [4.69, 9.17) is 9.47 Å². The number of hydrogen-bond donors (Lipinski definition) is 0. The summed E-state index contributed by atoms with van der Waals surface area (Å²) in [6.07, 6.45) is 0.810. The number of aryl methyl sites for hydroxylation is 1. The van der Waals surface area contributed by atoms with E-state index >= 15 is 0 Å². The number of ketones is 1. The summed E-state index contributed by atoms with van der Waals surface area (Å²) in [4.78, 5) is 16.3. The second-order valence-electron chi connectivity index (χ2n) is 5.13. The van der Waals surface area contributed by atoms with Gasteiger partial charge in [0.1, 0.15) is 17.4 Å². The van der Waals surface area contributed by atoms with Crippen LogP contribution in [-0.4, -0.2) is 30.6 Å². The van der Waals surface area contributed by atoms with Gasteiger partial charge in [-0.3, -0.25) is 4.79 Å². The molecule has 1 fully saturated rings. The van der Waals surface area contributed by atoms with Gasteiger partial charge in [0.2, 0.25) is 0 Å². The molecule has 110 valence electrons. The van der Waals surface area contributed by atoms with Gasteiger partial charge in [0.15, 0.2) is 5.78 Å². The molecule has 3 rings (SSSR count). The molecule has 21 heavy (non-hydrogen) atoms. The third-order valence-electron chi connectivity index (χ3n) is 3.49. The van der Waals surface area contributed by atoms with Crippen LogP contribution in [0.15, 0.2) is 29.6 Å². The lowest BCUT2D eigenvalue weighted by molar-refractivity contribution is -0.124. The number of aromatic nitrogens is 1. The maximum Gasteiger partial charge on any atom is 0.175 e. The van der Waals surface area contributed by atoms with Gasteiger partial charge in [-0.15, -0.1) is 11.3 Å². The van der Waals surface area contributed by atoms with Crippen molar-refractivity contribution in [1.29, 1.82) is 0 Å². The lowest BCUT2D eigenvalue weighted by atomic mass is 10.0.